The average Bonchev–Trinajstić information content (AvgIpc) is 3.20. The van der Waals surface area contributed by atoms with E-state index in [9.17, 15) is 4.79 Å². The Bertz CT molecular complexity index is 600. The third-order valence-electron chi connectivity index (χ3n) is 4.88. The lowest BCUT2D eigenvalue weighted by Gasteiger charge is -2.27. The predicted molar refractivity (Wildman–Crippen MR) is 88.3 cm³/mol. The Labute approximate surface area is 138 Å². The molecule has 2 aliphatic heterocycles. The highest BCUT2D eigenvalue weighted by Crippen LogP contribution is 2.61. The molecule has 4 heteroatoms. The Morgan fingerprint density at radius 2 is 2.09 bits per heavy atom. The maximum absolute atomic E-state index is 12.7. The molecular formula is C19H25NO3. The molecule has 2 heterocycles. The van der Waals surface area contributed by atoms with Crippen LogP contribution < -0.4 is 0 Å². The van der Waals surface area contributed by atoms with Gasteiger partial charge in [-0.25, -0.2) is 4.79 Å². The molecule has 0 spiro atoms. The topological polar surface area (TPSA) is 41.8 Å². The van der Waals surface area contributed by atoms with Crippen molar-refractivity contribution in [3.63, 3.8) is 0 Å². The SMILES string of the molecule is C=C(C)CCC[C@@]1(C(=O)OCC)CC[C@@]2(c3ccccc3)ON12. The lowest BCUT2D eigenvalue weighted by molar-refractivity contribution is -0.159. The van der Waals surface area contributed by atoms with Crippen molar-refractivity contribution in [2.45, 2.75) is 57.2 Å². The number of carbonyl (C=O) groups excluding carboxylic acids is 1. The minimum Gasteiger partial charge on any atom is -0.465 e. The highest BCUT2D eigenvalue weighted by Gasteiger charge is 2.73. The molecule has 1 aromatic rings. The molecule has 2 fully saturated rings. The number of fused-ring (bicyclic) bond motifs is 1. The summed E-state index contributed by atoms with van der Waals surface area (Å²) in [6.45, 7) is 8.22. The van der Waals surface area contributed by atoms with Crippen molar-refractivity contribution >= 4 is 5.97 Å². The Morgan fingerprint density at radius 3 is 2.70 bits per heavy atom. The van der Waals surface area contributed by atoms with Gasteiger partial charge in [-0.2, -0.15) is 0 Å². The molecule has 23 heavy (non-hydrogen) atoms. The van der Waals surface area contributed by atoms with Gasteiger partial charge in [0.05, 0.1) is 6.61 Å². The zero-order chi connectivity index (χ0) is 16.5. The van der Waals surface area contributed by atoms with Gasteiger partial charge in [0.25, 0.3) is 0 Å². The molecule has 1 unspecified atom stereocenters. The number of ether oxygens (including phenoxy) is 1. The van der Waals surface area contributed by atoms with Gasteiger partial charge in [-0.1, -0.05) is 35.9 Å². The van der Waals surface area contributed by atoms with Crippen molar-refractivity contribution in [2.75, 3.05) is 6.61 Å². The largest absolute Gasteiger partial charge is 0.465 e. The summed E-state index contributed by atoms with van der Waals surface area (Å²) < 4.78 is 5.38. The Morgan fingerprint density at radius 1 is 1.35 bits per heavy atom. The smallest absolute Gasteiger partial charge is 0.329 e. The number of rotatable bonds is 7. The van der Waals surface area contributed by atoms with Gasteiger partial charge < -0.3 is 4.74 Å². The van der Waals surface area contributed by atoms with E-state index >= 15 is 0 Å². The number of carbonyl (C=O) groups is 1. The van der Waals surface area contributed by atoms with Crippen molar-refractivity contribution in [1.82, 2.24) is 5.06 Å². The summed E-state index contributed by atoms with van der Waals surface area (Å²) in [5, 5.41) is 1.89. The van der Waals surface area contributed by atoms with E-state index in [-0.39, 0.29) is 5.97 Å². The molecule has 0 aliphatic carbocycles. The molecule has 0 saturated carbocycles. The van der Waals surface area contributed by atoms with Gasteiger partial charge in [-0.05, 0) is 39.5 Å². The zero-order valence-corrected chi connectivity index (χ0v) is 14.0. The molecule has 3 atom stereocenters. The van der Waals surface area contributed by atoms with Gasteiger partial charge in [0.2, 0.25) is 0 Å². The highest BCUT2D eigenvalue weighted by atomic mass is 16.9. The summed E-state index contributed by atoms with van der Waals surface area (Å²) >= 11 is 0. The van der Waals surface area contributed by atoms with Crippen LogP contribution in [0.5, 0.6) is 0 Å². The van der Waals surface area contributed by atoms with Crippen LogP contribution in [-0.4, -0.2) is 23.2 Å². The van der Waals surface area contributed by atoms with Gasteiger partial charge in [-0.3, -0.25) is 4.84 Å². The normalized spacial score (nSPS) is 31.5. The minimum atomic E-state index is -0.651. The first kappa shape index (κ1) is 16.2. The summed E-state index contributed by atoms with van der Waals surface area (Å²) in [5.41, 5.74) is 1.17. The van der Waals surface area contributed by atoms with E-state index in [4.69, 9.17) is 9.57 Å². The van der Waals surface area contributed by atoms with Crippen LogP contribution in [0.15, 0.2) is 42.5 Å². The first-order valence-electron chi connectivity index (χ1n) is 8.42. The van der Waals surface area contributed by atoms with Crippen molar-refractivity contribution in [3.8, 4) is 0 Å². The number of hydrogen-bond donors (Lipinski definition) is 0. The van der Waals surface area contributed by atoms with Gasteiger partial charge in [-0.15, -0.1) is 11.6 Å². The van der Waals surface area contributed by atoms with Crippen molar-refractivity contribution in [3.05, 3.63) is 48.0 Å². The monoisotopic (exact) mass is 315 g/mol. The van der Waals surface area contributed by atoms with E-state index in [0.717, 1.165) is 43.2 Å². The summed E-state index contributed by atoms with van der Waals surface area (Å²) in [6, 6.07) is 10.1. The van der Waals surface area contributed by atoms with Crippen LogP contribution in [0.2, 0.25) is 0 Å². The first-order valence-corrected chi connectivity index (χ1v) is 8.42. The Hall–Kier alpha value is -1.65. The van der Waals surface area contributed by atoms with Crippen LogP contribution in [0.1, 0.15) is 51.5 Å². The number of nitrogens with zero attached hydrogens (tertiary/aromatic N) is 1. The van der Waals surface area contributed by atoms with Crippen molar-refractivity contribution in [2.24, 2.45) is 0 Å². The highest BCUT2D eigenvalue weighted by molar-refractivity contribution is 5.82. The maximum Gasteiger partial charge on any atom is 0.329 e. The van der Waals surface area contributed by atoms with Crippen LogP contribution in [0.4, 0.5) is 0 Å². The summed E-state index contributed by atoms with van der Waals surface area (Å²) in [6.07, 6.45) is 4.18. The van der Waals surface area contributed by atoms with E-state index in [0.29, 0.717) is 6.61 Å². The molecule has 1 aromatic carbocycles. The van der Waals surface area contributed by atoms with Crippen molar-refractivity contribution < 1.29 is 14.4 Å². The fourth-order valence-corrected chi connectivity index (χ4v) is 3.66. The van der Waals surface area contributed by atoms with Gasteiger partial charge in [0.15, 0.2) is 5.72 Å². The van der Waals surface area contributed by atoms with Crippen molar-refractivity contribution in [1.29, 1.82) is 0 Å². The van der Waals surface area contributed by atoms with E-state index in [1.807, 2.05) is 37.1 Å². The van der Waals surface area contributed by atoms with E-state index in [2.05, 4.69) is 18.7 Å². The molecule has 4 nitrogen and oxygen atoms in total. The second-order valence-corrected chi connectivity index (χ2v) is 6.60. The molecule has 0 aromatic heterocycles. The number of hydroxylamine groups is 2. The standard InChI is InChI=1S/C19H25NO3/c1-4-22-17(21)18(12-8-9-15(2)3)13-14-19(20(18)23-19)16-10-6-5-7-11-16/h5-7,10-11H,2,4,8-9,12-14H2,1,3H3/t18-,19-,20?/m0/s1. The van der Waals surface area contributed by atoms with Gasteiger partial charge in [0.1, 0.15) is 5.54 Å². The van der Waals surface area contributed by atoms with Gasteiger partial charge >= 0.3 is 5.97 Å². The fraction of sp³-hybridized carbons (Fsp3) is 0.526. The third kappa shape index (κ3) is 2.70. The first-order chi connectivity index (χ1) is 11.0. The second kappa shape index (κ2) is 6.10. The van der Waals surface area contributed by atoms with Crippen LogP contribution in [0.3, 0.4) is 0 Å². The average molecular weight is 315 g/mol. The maximum atomic E-state index is 12.7. The molecule has 0 bridgehead atoms. The zero-order valence-electron chi connectivity index (χ0n) is 14.0. The molecular weight excluding hydrogens is 290 g/mol. The predicted octanol–water partition coefficient (Wildman–Crippen LogP) is 3.93. The van der Waals surface area contributed by atoms with Crippen LogP contribution >= 0.6 is 0 Å². The van der Waals surface area contributed by atoms with E-state index in [1.54, 1.807) is 0 Å². The molecule has 0 amide bonds. The molecule has 2 aliphatic rings. The number of hydrogen-bond acceptors (Lipinski definition) is 4. The second-order valence-electron chi connectivity index (χ2n) is 6.60. The number of esters is 1. The number of benzene rings is 1. The van der Waals surface area contributed by atoms with E-state index in [1.165, 1.54) is 0 Å². The Balaban J connectivity index is 1.81. The lowest BCUT2D eigenvalue weighted by Crippen LogP contribution is -2.45. The molecule has 3 rings (SSSR count). The third-order valence-corrected chi connectivity index (χ3v) is 4.88. The molecule has 124 valence electrons. The summed E-state index contributed by atoms with van der Waals surface area (Å²) in [7, 11) is 0. The number of allylic oxidation sites excluding steroid dienone is 1. The van der Waals surface area contributed by atoms with Gasteiger partial charge in [0, 0.05) is 12.0 Å². The molecule has 0 radical (unpaired) electrons. The quantitative estimate of drug-likeness (QED) is 0.434. The van der Waals surface area contributed by atoms with Crippen LogP contribution in [-0.2, 0) is 20.1 Å². The van der Waals surface area contributed by atoms with Crippen LogP contribution in [0.25, 0.3) is 0 Å². The summed E-state index contributed by atoms with van der Waals surface area (Å²) in [4.78, 5) is 18.7. The van der Waals surface area contributed by atoms with Crippen LogP contribution in [0, 0.1) is 0 Å². The molecule has 2 saturated heterocycles. The fourth-order valence-electron chi connectivity index (χ4n) is 3.66. The minimum absolute atomic E-state index is 0.156. The van der Waals surface area contributed by atoms with E-state index < -0.39 is 11.3 Å². The lowest BCUT2D eigenvalue weighted by atomic mass is 9.89. The summed E-state index contributed by atoms with van der Waals surface area (Å²) in [5.74, 6) is -0.156. The Kier molecular flexibility index (Phi) is 4.30. The molecule has 0 N–H and O–H groups in total.